The Morgan fingerprint density at radius 1 is 0.773 bits per heavy atom. The van der Waals surface area contributed by atoms with Crippen molar-refractivity contribution in [1.82, 2.24) is 5.06 Å². The van der Waals surface area contributed by atoms with Crippen LogP contribution >= 0.6 is 0 Å². The van der Waals surface area contributed by atoms with Crippen molar-refractivity contribution in [1.29, 1.82) is 0 Å². The number of carbonyl (C=O) groups is 2. The highest BCUT2D eigenvalue weighted by molar-refractivity contribution is 5.73. The molecule has 0 saturated carbocycles. The van der Waals surface area contributed by atoms with Gasteiger partial charge < -0.3 is 15.4 Å². The van der Waals surface area contributed by atoms with E-state index in [0.29, 0.717) is 25.9 Å². The maximum absolute atomic E-state index is 11.0. The average Bonchev–Trinajstić information content (AvgIpc) is 2.39. The molecule has 6 nitrogen and oxygen atoms in total. The molecule has 0 aliphatic heterocycles. The van der Waals surface area contributed by atoms with Gasteiger partial charge in [0.2, 0.25) is 0 Å². The van der Waals surface area contributed by atoms with Crippen molar-refractivity contribution >= 4 is 11.9 Å². The van der Waals surface area contributed by atoms with E-state index >= 15 is 0 Å². The maximum Gasteiger partial charge on any atom is 0.309 e. The molecule has 0 amide bonds. The fourth-order valence-corrected chi connectivity index (χ4v) is 2.05. The molecule has 0 spiro atoms. The number of nitrogens with zero attached hydrogens (tertiary/aromatic N) is 1. The number of rotatable bonds is 12. The van der Waals surface area contributed by atoms with Crippen molar-refractivity contribution in [3.8, 4) is 0 Å². The monoisotopic (exact) mass is 317 g/mol. The van der Waals surface area contributed by atoms with Crippen molar-refractivity contribution in [3.05, 3.63) is 0 Å². The Bertz CT molecular complexity index is 332. The third kappa shape index (κ3) is 8.34. The predicted molar refractivity (Wildman–Crippen MR) is 83.9 cm³/mol. The summed E-state index contributed by atoms with van der Waals surface area (Å²) in [5.41, 5.74) is -1.44. The second-order valence-corrected chi connectivity index (χ2v) is 7.25. The molecular weight excluding hydrogens is 286 g/mol. The zero-order chi connectivity index (χ0) is 17.4. The molecule has 0 saturated heterocycles. The van der Waals surface area contributed by atoms with Crippen LogP contribution in [0.25, 0.3) is 0 Å². The van der Waals surface area contributed by atoms with Crippen LogP contribution in [0.1, 0.15) is 66.2 Å². The van der Waals surface area contributed by atoms with Crippen LogP contribution < -0.4 is 0 Å². The normalized spacial score (nSPS) is 12.6. The lowest BCUT2D eigenvalue weighted by atomic mass is 9.87. The molecule has 0 heterocycles. The van der Waals surface area contributed by atoms with E-state index in [1.54, 1.807) is 27.7 Å². The molecule has 0 unspecified atom stereocenters. The van der Waals surface area contributed by atoms with Gasteiger partial charge in [-0.1, -0.05) is 12.8 Å². The zero-order valence-electron chi connectivity index (χ0n) is 14.3. The van der Waals surface area contributed by atoms with Crippen molar-refractivity contribution in [2.75, 3.05) is 13.1 Å². The third-order valence-electron chi connectivity index (χ3n) is 4.09. The highest BCUT2D eigenvalue weighted by atomic mass is 16.5. The minimum atomic E-state index is -0.797. The molecule has 0 fully saturated rings. The lowest BCUT2D eigenvalue weighted by Gasteiger charge is -2.21. The molecule has 0 radical (unpaired) electrons. The predicted octanol–water partition coefficient (Wildman–Crippen LogP) is 3.24. The van der Waals surface area contributed by atoms with Crippen molar-refractivity contribution in [2.24, 2.45) is 10.8 Å². The Balaban J connectivity index is 3.73. The topological polar surface area (TPSA) is 98.1 Å². The third-order valence-corrected chi connectivity index (χ3v) is 4.09. The first-order chi connectivity index (χ1) is 9.99. The van der Waals surface area contributed by atoms with E-state index in [1.807, 2.05) is 0 Å². The summed E-state index contributed by atoms with van der Waals surface area (Å²) < 4.78 is 0. The van der Waals surface area contributed by atoms with Gasteiger partial charge in [-0.3, -0.25) is 9.59 Å². The van der Waals surface area contributed by atoms with Crippen LogP contribution in [0, 0.1) is 10.8 Å². The van der Waals surface area contributed by atoms with Gasteiger partial charge >= 0.3 is 11.9 Å². The SMILES string of the molecule is CC(C)(CCCCN(O)CCCCC(C)(C)C(=O)O)C(=O)O. The highest BCUT2D eigenvalue weighted by Crippen LogP contribution is 2.24. The van der Waals surface area contributed by atoms with E-state index in [-0.39, 0.29) is 0 Å². The Morgan fingerprint density at radius 2 is 1.09 bits per heavy atom. The summed E-state index contributed by atoms with van der Waals surface area (Å²) in [6.07, 6.45) is 4.17. The molecule has 0 aromatic heterocycles. The van der Waals surface area contributed by atoms with Gasteiger partial charge in [0.1, 0.15) is 0 Å². The van der Waals surface area contributed by atoms with Crippen LogP contribution in [0.15, 0.2) is 0 Å². The highest BCUT2D eigenvalue weighted by Gasteiger charge is 2.27. The van der Waals surface area contributed by atoms with Crippen LogP contribution in [0.3, 0.4) is 0 Å². The van der Waals surface area contributed by atoms with Gasteiger partial charge in [-0.2, -0.15) is 5.06 Å². The van der Waals surface area contributed by atoms with E-state index in [1.165, 1.54) is 5.06 Å². The fourth-order valence-electron chi connectivity index (χ4n) is 2.05. The molecule has 0 aromatic carbocycles. The zero-order valence-corrected chi connectivity index (χ0v) is 14.3. The molecular formula is C16H31NO5. The Morgan fingerprint density at radius 3 is 1.36 bits per heavy atom. The van der Waals surface area contributed by atoms with Gasteiger partial charge in [0.15, 0.2) is 0 Å². The molecule has 0 atom stereocenters. The Hall–Kier alpha value is -1.14. The summed E-state index contributed by atoms with van der Waals surface area (Å²) in [4.78, 5) is 21.9. The standard InChI is InChI=1S/C16H31NO5/c1-15(2,13(18)19)9-5-7-11-17(22)12-8-6-10-16(3,4)14(20)21/h22H,5-12H2,1-4H3,(H,18,19)(H,20,21). The van der Waals surface area contributed by atoms with Crippen molar-refractivity contribution in [2.45, 2.75) is 66.2 Å². The number of hydroxylamine groups is 2. The number of carboxylic acids is 2. The quantitative estimate of drug-likeness (QED) is 0.377. The van der Waals surface area contributed by atoms with Gasteiger partial charge in [0.25, 0.3) is 0 Å². The van der Waals surface area contributed by atoms with Gasteiger partial charge in [-0.15, -0.1) is 0 Å². The van der Waals surface area contributed by atoms with Crippen LogP contribution in [-0.2, 0) is 9.59 Å². The van der Waals surface area contributed by atoms with Crippen LogP contribution in [0.5, 0.6) is 0 Å². The minimum absolute atomic E-state index is 0.512. The van der Waals surface area contributed by atoms with Crippen molar-refractivity contribution < 1.29 is 25.0 Å². The first-order valence-electron chi connectivity index (χ1n) is 7.90. The number of carboxylic acid groups (broad SMARTS) is 2. The van der Waals surface area contributed by atoms with E-state index < -0.39 is 22.8 Å². The summed E-state index contributed by atoms with van der Waals surface area (Å²) in [5, 5.41) is 29.0. The van der Waals surface area contributed by atoms with E-state index in [2.05, 4.69) is 0 Å². The number of hydrogen-bond donors (Lipinski definition) is 3. The number of aliphatic carboxylic acids is 2. The molecule has 0 aliphatic rings. The molecule has 0 aromatic rings. The van der Waals surface area contributed by atoms with Crippen LogP contribution in [0.4, 0.5) is 0 Å². The second-order valence-electron chi connectivity index (χ2n) is 7.25. The lowest BCUT2D eigenvalue weighted by molar-refractivity contribution is -0.148. The molecule has 0 aliphatic carbocycles. The first kappa shape index (κ1) is 20.9. The first-order valence-corrected chi connectivity index (χ1v) is 7.90. The van der Waals surface area contributed by atoms with Gasteiger partial charge in [0.05, 0.1) is 10.8 Å². The average molecular weight is 317 g/mol. The largest absolute Gasteiger partial charge is 0.481 e. The van der Waals surface area contributed by atoms with Crippen LogP contribution in [-0.4, -0.2) is 45.5 Å². The van der Waals surface area contributed by atoms with Crippen molar-refractivity contribution in [3.63, 3.8) is 0 Å². The molecule has 130 valence electrons. The summed E-state index contributed by atoms with van der Waals surface area (Å²) in [5.74, 6) is -1.59. The van der Waals surface area contributed by atoms with E-state index in [0.717, 1.165) is 25.7 Å². The summed E-state index contributed by atoms with van der Waals surface area (Å²) in [6, 6.07) is 0. The van der Waals surface area contributed by atoms with E-state index in [4.69, 9.17) is 10.2 Å². The summed E-state index contributed by atoms with van der Waals surface area (Å²) >= 11 is 0. The smallest absolute Gasteiger partial charge is 0.309 e. The minimum Gasteiger partial charge on any atom is -0.481 e. The van der Waals surface area contributed by atoms with Gasteiger partial charge in [-0.05, 0) is 53.4 Å². The molecule has 22 heavy (non-hydrogen) atoms. The molecule has 3 N–H and O–H groups in total. The maximum atomic E-state index is 11.0. The molecule has 0 bridgehead atoms. The van der Waals surface area contributed by atoms with E-state index in [9.17, 15) is 14.8 Å². The Kier molecular flexibility index (Phi) is 8.63. The number of unbranched alkanes of at least 4 members (excludes halogenated alkanes) is 2. The van der Waals surface area contributed by atoms with Gasteiger partial charge in [0, 0.05) is 13.1 Å². The fraction of sp³-hybridized carbons (Fsp3) is 0.875. The second kappa shape index (κ2) is 9.10. The molecule has 0 rings (SSSR count). The molecule has 6 heteroatoms. The summed E-state index contributed by atoms with van der Waals surface area (Å²) in [7, 11) is 0. The van der Waals surface area contributed by atoms with Crippen LogP contribution in [0.2, 0.25) is 0 Å². The van der Waals surface area contributed by atoms with Gasteiger partial charge in [-0.25, -0.2) is 0 Å². The Labute approximate surface area is 133 Å². The lowest BCUT2D eigenvalue weighted by Crippen LogP contribution is -2.26. The number of hydrogen-bond acceptors (Lipinski definition) is 4. The summed E-state index contributed by atoms with van der Waals surface area (Å²) in [6.45, 7) is 7.84.